The lowest BCUT2D eigenvalue weighted by Gasteiger charge is -2.05. The summed E-state index contributed by atoms with van der Waals surface area (Å²) >= 11 is 1.00. The smallest absolute Gasteiger partial charge is 0.307 e. The number of fused-ring (bicyclic) bond motifs is 1. The predicted octanol–water partition coefficient (Wildman–Crippen LogP) is 2.44. The Morgan fingerprint density at radius 1 is 1.21 bits per heavy atom. The van der Waals surface area contributed by atoms with Gasteiger partial charge in [0.2, 0.25) is 21.7 Å². The molecule has 0 fully saturated rings. The molecule has 0 amide bonds. The molecule has 4 aromatic rings. The highest BCUT2D eigenvalue weighted by Gasteiger charge is 2.18. The van der Waals surface area contributed by atoms with Crippen LogP contribution in [0.4, 0.5) is 0 Å². The first-order chi connectivity index (χ1) is 13.3. The average Bonchev–Trinajstić information content (AvgIpc) is 3.25. The molecule has 2 aromatic carbocycles. The van der Waals surface area contributed by atoms with Crippen LogP contribution in [0.25, 0.3) is 21.6 Å². The Hall–Kier alpha value is -2.82. The Bertz CT molecular complexity index is 1340. The Morgan fingerprint density at radius 2 is 2.00 bits per heavy atom. The Labute approximate surface area is 164 Å². The number of aromatic nitrogens is 3. The number of nitrogens with one attached hydrogen (secondary N) is 1. The SMILES string of the molecule is Cc1ccccc1-c1noc(CNS(=O)(=O)c2ccc3c(c2)sc(=O)n3C)n1. The lowest BCUT2D eigenvalue weighted by Crippen LogP contribution is -2.23. The summed E-state index contributed by atoms with van der Waals surface area (Å²) < 4.78 is 34.9. The molecule has 28 heavy (non-hydrogen) atoms. The second kappa shape index (κ2) is 6.97. The van der Waals surface area contributed by atoms with Gasteiger partial charge in [0.05, 0.1) is 21.7 Å². The van der Waals surface area contributed by atoms with Crippen molar-refractivity contribution in [3.63, 3.8) is 0 Å². The highest BCUT2D eigenvalue weighted by atomic mass is 32.2. The van der Waals surface area contributed by atoms with Gasteiger partial charge in [-0.3, -0.25) is 4.79 Å². The summed E-state index contributed by atoms with van der Waals surface area (Å²) in [4.78, 5) is 15.9. The van der Waals surface area contributed by atoms with Crippen LogP contribution in [0, 0.1) is 6.92 Å². The van der Waals surface area contributed by atoms with Crippen molar-refractivity contribution < 1.29 is 12.9 Å². The number of hydrogen-bond donors (Lipinski definition) is 1. The van der Waals surface area contributed by atoms with E-state index >= 15 is 0 Å². The van der Waals surface area contributed by atoms with Gasteiger partial charge in [-0.25, -0.2) is 13.1 Å². The molecular formula is C18H16N4O4S2. The van der Waals surface area contributed by atoms with Crippen molar-refractivity contribution in [3.8, 4) is 11.4 Å². The van der Waals surface area contributed by atoms with Crippen LogP contribution >= 0.6 is 11.3 Å². The van der Waals surface area contributed by atoms with E-state index in [9.17, 15) is 13.2 Å². The van der Waals surface area contributed by atoms with Gasteiger partial charge in [-0.15, -0.1) is 0 Å². The molecule has 10 heteroatoms. The van der Waals surface area contributed by atoms with Gasteiger partial charge in [0.25, 0.3) is 0 Å². The molecule has 0 aliphatic heterocycles. The van der Waals surface area contributed by atoms with Crippen LogP contribution in [0.5, 0.6) is 0 Å². The standard InChI is InChI=1S/C18H16N4O4S2/c1-11-5-3-4-6-13(11)17-20-16(26-21-17)10-19-28(24,25)12-7-8-14-15(9-12)27-18(23)22(14)2/h3-9,19H,10H2,1-2H3. The van der Waals surface area contributed by atoms with E-state index in [2.05, 4.69) is 14.9 Å². The molecule has 144 valence electrons. The second-order valence-electron chi connectivity index (χ2n) is 6.21. The van der Waals surface area contributed by atoms with E-state index in [1.807, 2.05) is 31.2 Å². The first-order valence-electron chi connectivity index (χ1n) is 8.33. The molecule has 8 nitrogen and oxygen atoms in total. The molecule has 0 bridgehead atoms. The first-order valence-corrected chi connectivity index (χ1v) is 10.6. The van der Waals surface area contributed by atoms with Crippen molar-refractivity contribution in [2.75, 3.05) is 0 Å². The van der Waals surface area contributed by atoms with E-state index in [1.165, 1.54) is 16.7 Å². The van der Waals surface area contributed by atoms with Gasteiger partial charge in [-0.1, -0.05) is 40.8 Å². The van der Waals surface area contributed by atoms with Crippen molar-refractivity contribution >= 4 is 31.6 Å². The third-order valence-electron chi connectivity index (χ3n) is 4.34. The molecule has 2 aromatic heterocycles. The van der Waals surface area contributed by atoms with Crippen LogP contribution in [-0.4, -0.2) is 23.1 Å². The summed E-state index contributed by atoms with van der Waals surface area (Å²) in [5.41, 5.74) is 2.50. The molecular weight excluding hydrogens is 400 g/mol. The van der Waals surface area contributed by atoms with Gasteiger partial charge in [0.1, 0.15) is 0 Å². The molecule has 0 saturated carbocycles. The monoisotopic (exact) mass is 416 g/mol. The summed E-state index contributed by atoms with van der Waals surface area (Å²) in [5, 5.41) is 3.92. The van der Waals surface area contributed by atoms with E-state index < -0.39 is 10.0 Å². The summed E-state index contributed by atoms with van der Waals surface area (Å²) in [6.45, 7) is 1.80. The predicted molar refractivity (Wildman–Crippen MR) is 106 cm³/mol. The van der Waals surface area contributed by atoms with Crippen molar-refractivity contribution in [2.45, 2.75) is 18.4 Å². The van der Waals surface area contributed by atoms with Crippen LogP contribution in [0.2, 0.25) is 0 Å². The zero-order chi connectivity index (χ0) is 19.9. The Kier molecular flexibility index (Phi) is 4.61. The Balaban J connectivity index is 1.55. The fourth-order valence-corrected chi connectivity index (χ4v) is 4.78. The second-order valence-corrected chi connectivity index (χ2v) is 8.97. The highest BCUT2D eigenvalue weighted by Crippen LogP contribution is 2.22. The molecule has 0 aliphatic carbocycles. The molecule has 0 aliphatic rings. The maximum absolute atomic E-state index is 12.6. The number of aryl methyl sites for hydroxylation is 2. The summed E-state index contributed by atoms with van der Waals surface area (Å²) in [6.07, 6.45) is 0. The minimum absolute atomic E-state index is 0.0699. The summed E-state index contributed by atoms with van der Waals surface area (Å²) in [5.74, 6) is 0.565. The van der Waals surface area contributed by atoms with E-state index in [1.54, 1.807) is 13.1 Å². The third kappa shape index (κ3) is 3.37. The van der Waals surface area contributed by atoms with E-state index in [-0.39, 0.29) is 22.2 Å². The zero-order valence-corrected chi connectivity index (χ0v) is 16.7. The van der Waals surface area contributed by atoms with Crippen LogP contribution in [0.15, 0.2) is 56.7 Å². The molecule has 0 radical (unpaired) electrons. The van der Waals surface area contributed by atoms with Gasteiger partial charge in [0.15, 0.2) is 0 Å². The van der Waals surface area contributed by atoms with Gasteiger partial charge in [-0.2, -0.15) is 4.98 Å². The number of nitrogens with zero attached hydrogens (tertiary/aromatic N) is 3. The van der Waals surface area contributed by atoms with Crippen LogP contribution in [-0.2, 0) is 23.6 Å². The van der Waals surface area contributed by atoms with Crippen LogP contribution < -0.4 is 9.60 Å². The van der Waals surface area contributed by atoms with E-state index in [0.717, 1.165) is 22.5 Å². The molecule has 0 spiro atoms. The molecule has 4 rings (SSSR count). The molecule has 0 atom stereocenters. The number of thiazole rings is 1. The third-order valence-corrected chi connectivity index (χ3v) is 6.74. The Morgan fingerprint density at radius 3 is 2.79 bits per heavy atom. The van der Waals surface area contributed by atoms with Crippen molar-refractivity contribution in [1.82, 2.24) is 19.4 Å². The van der Waals surface area contributed by atoms with E-state index in [4.69, 9.17) is 4.52 Å². The van der Waals surface area contributed by atoms with Gasteiger partial charge < -0.3 is 9.09 Å². The maximum atomic E-state index is 12.6. The fourth-order valence-electron chi connectivity index (χ4n) is 2.78. The lowest BCUT2D eigenvalue weighted by atomic mass is 10.1. The first kappa shape index (κ1) is 18.5. The van der Waals surface area contributed by atoms with Gasteiger partial charge in [-0.05, 0) is 30.7 Å². The van der Waals surface area contributed by atoms with Crippen LogP contribution in [0.3, 0.4) is 0 Å². The largest absolute Gasteiger partial charge is 0.338 e. The fraction of sp³-hybridized carbons (Fsp3) is 0.167. The van der Waals surface area contributed by atoms with Gasteiger partial charge in [0, 0.05) is 12.6 Å². The summed E-state index contributed by atoms with van der Waals surface area (Å²) in [7, 11) is -2.15. The molecule has 2 heterocycles. The number of rotatable bonds is 5. The number of benzene rings is 2. The number of sulfonamides is 1. The molecule has 0 saturated heterocycles. The van der Waals surface area contributed by atoms with Crippen molar-refractivity contribution in [2.24, 2.45) is 7.05 Å². The van der Waals surface area contributed by atoms with E-state index in [0.29, 0.717) is 16.0 Å². The van der Waals surface area contributed by atoms with Gasteiger partial charge >= 0.3 is 4.87 Å². The summed E-state index contributed by atoms with van der Waals surface area (Å²) in [6, 6.07) is 12.1. The lowest BCUT2D eigenvalue weighted by molar-refractivity contribution is 0.376. The highest BCUT2D eigenvalue weighted by molar-refractivity contribution is 7.89. The minimum Gasteiger partial charge on any atom is -0.338 e. The molecule has 1 N–H and O–H groups in total. The maximum Gasteiger partial charge on any atom is 0.307 e. The molecule has 0 unspecified atom stereocenters. The topological polar surface area (TPSA) is 107 Å². The quantitative estimate of drug-likeness (QED) is 0.535. The van der Waals surface area contributed by atoms with Crippen molar-refractivity contribution in [1.29, 1.82) is 0 Å². The zero-order valence-electron chi connectivity index (χ0n) is 15.0. The average molecular weight is 416 g/mol. The normalized spacial score (nSPS) is 11.9. The van der Waals surface area contributed by atoms with Crippen LogP contribution in [0.1, 0.15) is 11.5 Å². The van der Waals surface area contributed by atoms with Crippen molar-refractivity contribution in [3.05, 3.63) is 63.6 Å². The number of hydrogen-bond acceptors (Lipinski definition) is 7. The minimum atomic E-state index is -3.80.